The zero-order valence-electron chi connectivity index (χ0n) is 27.7. The highest BCUT2D eigenvalue weighted by Gasteiger charge is 2.35. The number of fused-ring (bicyclic) bond motifs is 3. The molecule has 0 aliphatic carbocycles. The molecule has 2 atom stereocenters. The van der Waals surface area contributed by atoms with Crippen molar-refractivity contribution in [1.29, 1.82) is 0 Å². The summed E-state index contributed by atoms with van der Waals surface area (Å²) in [6, 6.07) is 23.4. The Morgan fingerprint density at radius 2 is 1.85 bits per heavy atom. The maximum Gasteiger partial charge on any atom is 0.274 e. The summed E-state index contributed by atoms with van der Waals surface area (Å²) in [6.07, 6.45) is 4.48. The summed E-state index contributed by atoms with van der Waals surface area (Å²) < 4.78 is 14.1. The second-order valence-corrected chi connectivity index (χ2v) is 12.6. The number of aldehydes is 1. The van der Waals surface area contributed by atoms with Crippen LogP contribution in [-0.4, -0.2) is 71.5 Å². The number of benzene rings is 3. The van der Waals surface area contributed by atoms with Gasteiger partial charge in [0, 0.05) is 54.8 Å². The number of hydrogen-bond donors (Lipinski definition) is 1. The molecule has 2 aliphatic heterocycles. The van der Waals surface area contributed by atoms with E-state index in [0.717, 1.165) is 71.0 Å². The predicted molar refractivity (Wildman–Crippen MR) is 182 cm³/mol. The Labute approximate surface area is 281 Å². The average Bonchev–Trinajstić information content (AvgIpc) is 3.41. The molecule has 6 rings (SSSR count). The van der Waals surface area contributed by atoms with Crippen molar-refractivity contribution < 1.29 is 28.7 Å². The molecule has 0 spiro atoms. The smallest absolute Gasteiger partial charge is 0.274 e. The van der Waals surface area contributed by atoms with Crippen LogP contribution < -0.4 is 10.2 Å². The molecule has 2 aliphatic rings. The first-order valence-electron chi connectivity index (χ1n) is 16.8. The van der Waals surface area contributed by atoms with E-state index in [4.69, 9.17) is 14.3 Å². The molecular weight excluding hydrogens is 608 g/mol. The number of nitrogens with one attached hydrogen (secondary N) is 1. The van der Waals surface area contributed by atoms with Crippen molar-refractivity contribution in [3.05, 3.63) is 101 Å². The lowest BCUT2D eigenvalue weighted by Gasteiger charge is -2.35. The Hall–Kier alpha value is -4.51. The average molecular weight is 653 g/mol. The van der Waals surface area contributed by atoms with Gasteiger partial charge in [0.25, 0.3) is 5.91 Å². The third-order valence-electron chi connectivity index (χ3n) is 9.20. The van der Waals surface area contributed by atoms with Crippen LogP contribution in [0.1, 0.15) is 65.3 Å². The van der Waals surface area contributed by atoms with E-state index in [0.29, 0.717) is 44.8 Å². The molecule has 252 valence electrons. The first kappa shape index (κ1) is 33.4. The summed E-state index contributed by atoms with van der Waals surface area (Å²) in [5.41, 5.74) is 8.46. The molecule has 1 aromatic heterocycles. The minimum Gasteiger partial charge on any atom is -0.489 e. The highest BCUT2D eigenvalue weighted by molar-refractivity contribution is 5.93. The quantitative estimate of drug-likeness (QED) is 0.156. The third-order valence-corrected chi connectivity index (χ3v) is 9.20. The van der Waals surface area contributed by atoms with E-state index in [-0.39, 0.29) is 24.4 Å². The molecule has 0 saturated carbocycles. The molecule has 4 aromatic rings. The molecule has 0 bridgehead atoms. The summed E-state index contributed by atoms with van der Waals surface area (Å²) in [6.45, 7) is 4.90. The van der Waals surface area contributed by atoms with Crippen LogP contribution in [0.4, 0.5) is 0 Å². The molecule has 1 N–H and O–H groups in total. The van der Waals surface area contributed by atoms with Crippen molar-refractivity contribution in [3.8, 4) is 5.75 Å². The van der Waals surface area contributed by atoms with Gasteiger partial charge in [-0.25, -0.2) is 10.3 Å². The Balaban J connectivity index is 1.27. The van der Waals surface area contributed by atoms with Crippen molar-refractivity contribution >= 4 is 29.0 Å². The predicted octanol–water partition coefficient (Wildman–Crippen LogP) is 5.25. The number of aromatic nitrogens is 1. The maximum absolute atomic E-state index is 13.7. The Morgan fingerprint density at radius 3 is 2.58 bits per heavy atom. The zero-order chi connectivity index (χ0) is 33.5. The number of ether oxygens (including phenoxy) is 2. The van der Waals surface area contributed by atoms with Crippen molar-refractivity contribution in [3.63, 3.8) is 0 Å². The second-order valence-electron chi connectivity index (χ2n) is 12.6. The normalized spacial score (nSPS) is 17.9. The molecule has 3 heterocycles. The van der Waals surface area contributed by atoms with Crippen LogP contribution in [0.2, 0.25) is 0 Å². The highest BCUT2D eigenvalue weighted by Crippen LogP contribution is 2.36. The van der Waals surface area contributed by atoms with Gasteiger partial charge in [0.15, 0.2) is 6.29 Å². The van der Waals surface area contributed by atoms with Crippen LogP contribution in [-0.2, 0) is 45.3 Å². The number of carbonyl (C=O) groups excluding carboxylic acids is 3. The van der Waals surface area contributed by atoms with Crippen molar-refractivity contribution in [2.75, 3.05) is 26.7 Å². The topological polar surface area (TPSA) is 102 Å². The molecule has 2 amide bonds. The van der Waals surface area contributed by atoms with Gasteiger partial charge in [-0.05, 0) is 79.8 Å². The minimum absolute atomic E-state index is 0.0256. The van der Waals surface area contributed by atoms with E-state index in [9.17, 15) is 14.4 Å². The SMILES string of the molecule is CCCN(CC=O)C(=O)C1Cc2c(n(Cc3ccc(C(=O)NOC4CCCCO4)cc3)c3ccc(OCc4ccccc4)cc23)CN1C. The van der Waals surface area contributed by atoms with Crippen molar-refractivity contribution in [1.82, 2.24) is 19.8 Å². The fourth-order valence-electron chi connectivity index (χ4n) is 6.64. The van der Waals surface area contributed by atoms with Gasteiger partial charge in [0.1, 0.15) is 18.6 Å². The Bertz CT molecular complexity index is 1710. The van der Waals surface area contributed by atoms with Crippen LogP contribution in [0, 0.1) is 0 Å². The number of nitrogens with zero attached hydrogens (tertiary/aromatic N) is 3. The standard InChI is InChI=1S/C38H44N4O6/c1-3-18-41(19-20-43)38(45)34-23-32-31-22-30(47-26-28-9-5-4-6-10-28)16-17-33(31)42(35(32)25-40(34)2)24-27-12-14-29(15-13-27)37(44)39-48-36-11-7-8-21-46-36/h4-6,9-10,12-17,20,22,34,36H,3,7-8,11,18-19,21,23-26H2,1-2H3,(H,39,44). The van der Waals surface area contributed by atoms with E-state index in [2.05, 4.69) is 27.1 Å². The van der Waals surface area contributed by atoms with Gasteiger partial charge in [-0.15, -0.1) is 0 Å². The summed E-state index contributed by atoms with van der Waals surface area (Å²) in [4.78, 5) is 47.1. The van der Waals surface area contributed by atoms with Crippen molar-refractivity contribution in [2.45, 2.75) is 71.1 Å². The van der Waals surface area contributed by atoms with Crippen molar-refractivity contribution in [2.24, 2.45) is 0 Å². The minimum atomic E-state index is -0.410. The molecule has 10 heteroatoms. The Morgan fingerprint density at radius 1 is 1.04 bits per heavy atom. The maximum atomic E-state index is 13.7. The van der Waals surface area contributed by atoms with E-state index in [1.165, 1.54) is 0 Å². The van der Waals surface area contributed by atoms with Gasteiger partial charge in [-0.3, -0.25) is 14.5 Å². The van der Waals surface area contributed by atoms with E-state index in [1.807, 2.05) is 62.5 Å². The fourth-order valence-corrected chi connectivity index (χ4v) is 6.64. The summed E-state index contributed by atoms with van der Waals surface area (Å²) in [5.74, 6) is 0.423. The molecule has 10 nitrogen and oxygen atoms in total. The van der Waals surface area contributed by atoms with Gasteiger partial charge in [-0.1, -0.05) is 49.4 Å². The van der Waals surface area contributed by atoms with Gasteiger partial charge >= 0.3 is 0 Å². The number of carbonyl (C=O) groups is 3. The lowest BCUT2D eigenvalue weighted by atomic mass is 9.96. The van der Waals surface area contributed by atoms with Gasteiger partial charge in [0.2, 0.25) is 5.91 Å². The largest absolute Gasteiger partial charge is 0.489 e. The lowest BCUT2D eigenvalue weighted by Crippen LogP contribution is -2.51. The number of amides is 2. The van der Waals surface area contributed by atoms with Gasteiger partial charge in [0.05, 0.1) is 12.6 Å². The van der Waals surface area contributed by atoms with Crippen LogP contribution in [0.3, 0.4) is 0 Å². The highest BCUT2D eigenvalue weighted by atomic mass is 16.8. The zero-order valence-corrected chi connectivity index (χ0v) is 27.7. The second kappa shape index (κ2) is 15.6. The summed E-state index contributed by atoms with van der Waals surface area (Å²) >= 11 is 0. The number of likely N-dealkylation sites (N-methyl/N-ethyl adjacent to an activating group) is 1. The number of hydroxylamine groups is 1. The monoisotopic (exact) mass is 652 g/mol. The summed E-state index contributed by atoms with van der Waals surface area (Å²) in [5, 5.41) is 1.05. The Kier molecular flexibility index (Phi) is 10.8. The van der Waals surface area contributed by atoms with Gasteiger partial charge < -0.3 is 23.7 Å². The molecule has 1 saturated heterocycles. The lowest BCUT2D eigenvalue weighted by molar-refractivity contribution is -0.186. The first-order valence-corrected chi connectivity index (χ1v) is 16.8. The van der Waals surface area contributed by atoms with Gasteiger partial charge in [-0.2, -0.15) is 0 Å². The van der Waals surface area contributed by atoms with Crippen LogP contribution >= 0.6 is 0 Å². The third kappa shape index (κ3) is 7.62. The van der Waals surface area contributed by atoms with E-state index >= 15 is 0 Å². The molecule has 1 fully saturated rings. The number of hydrogen-bond acceptors (Lipinski definition) is 7. The molecule has 0 radical (unpaired) electrons. The van der Waals surface area contributed by atoms with E-state index < -0.39 is 6.29 Å². The number of rotatable bonds is 13. The molecule has 3 aromatic carbocycles. The fraction of sp³-hybridized carbons (Fsp3) is 0.395. The first-order chi connectivity index (χ1) is 23.4. The summed E-state index contributed by atoms with van der Waals surface area (Å²) in [7, 11) is 1.97. The van der Waals surface area contributed by atoms with Crippen LogP contribution in [0.5, 0.6) is 5.75 Å². The molecule has 2 unspecified atom stereocenters. The molecular formula is C38H44N4O6. The van der Waals surface area contributed by atoms with E-state index in [1.54, 1.807) is 17.0 Å². The van der Waals surface area contributed by atoms with Crippen LogP contribution in [0.25, 0.3) is 10.9 Å². The van der Waals surface area contributed by atoms with Crippen LogP contribution in [0.15, 0.2) is 72.8 Å². The molecule has 48 heavy (non-hydrogen) atoms.